The van der Waals surface area contributed by atoms with E-state index in [1.807, 2.05) is 13.0 Å². The predicted molar refractivity (Wildman–Crippen MR) is 88.8 cm³/mol. The summed E-state index contributed by atoms with van der Waals surface area (Å²) >= 11 is 1.23. The second-order valence-corrected chi connectivity index (χ2v) is 5.54. The van der Waals surface area contributed by atoms with Crippen LogP contribution in [0.5, 0.6) is 0 Å². The number of carbonyl (C=O) groups is 2. The van der Waals surface area contributed by atoms with Gasteiger partial charge in [0.15, 0.2) is 0 Å². The number of ether oxygens (including phenoxy) is 1. The van der Waals surface area contributed by atoms with Crippen LogP contribution in [0.15, 0.2) is 35.7 Å². The lowest BCUT2D eigenvalue weighted by molar-refractivity contribution is 0.0526. The first kappa shape index (κ1) is 16.7. The summed E-state index contributed by atoms with van der Waals surface area (Å²) in [4.78, 5) is 26.5. The molecular formula is C17H16N2O3S. The Bertz CT molecular complexity index is 761. The minimum absolute atomic E-state index is 0.194. The number of hydrogen-bond acceptors (Lipinski definition) is 5. The number of nitrogens with zero attached hydrogens (tertiary/aromatic N) is 2. The number of rotatable bonds is 5. The highest BCUT2D eigenvalue weighted by molar-refractivity contribution is 7.12. The molecule has 0 bridgehead atoms. The van der Waals surface area contributed by atoms with E-state index in [-0.39, 0.29) is 5.91 Å². The molecule has 0 aliphatic carbocycles. The summed E-state index contributed by atoms with van der Waals surface area (Å²) in [5.41, 5.74) is 1.49. The van der Waals surface area contributed by atoms with E-state index >= 15 is 0 Å². The molecule has 118 valence electrons. The van der Waals surface area contributed by atoms with Gasteiger partial charge >= 0.3 is 5.97 Å². The molecule has 2 rings (SSSR count). The van der Waals surface area contributed by atoms with E-state index in [4.69, 9.17) is 10.00 Å². The zero-order valence-corrected chi connectivity index (χ0v) is 13.7. The molecule has 1 aromatic heterocycles. The summed E-state index contributed by atoms with van der Waals surface area (Å²) in [6, 6.07) is 10.4. The third-order valence-corrected chi connectivity index (χ3v) is 4.09. The zero-order chi connectivity index (χ0) is 16.8. The summed E-state index contributed by atoms with van der Waals surface area (Å²) in [6.45, 7) is 4.34. The number of amides is 1. The summed E-state index contributed by atoms with van der Waals surface area (Å²) < 4.78 is 4.98. The summed E-state index contributed by atoms with van der Waals surface area (Å²) in [5.74, 6) is -0.610. The number of hydrogen-bond donors (Lipinski definition) is 0. The molecular weight excluding hydrogens is 312 g/mol. The van der Waals surface area contributed by atoms with Gasteiger partial charge in [-0.05, 0) is 38.1 Å². The Kier molecular flexibility index (Phi) is 5.50. The van der Waals surface area contributed by atoms with Crippen LogP contribution in [0.4, 0.5) is 5.69 Å². The highest BCUT2D eigenvalue weighted by atomic mass is 32.1. The van der Waals surface area contributed by atoms with Crippen LogP contribution in [0.3, 0.4) is 0 Å². The van der Waals surface area contributed by atoms with Gasteiger partial charge < -0.3 is 9.64 Å². The van der Waals surface area contributed by atoms with Crippen LogP contribution in [-0.2, 0) is 4.74 Å². The van der Waals surface area contributed by atoms with E-state index in [2.05, 4.69) is 0 Å². The molecule has 23 heavy (non-hydrogen) atoms. The third kappa shape index (κ3) is 3.76. The van der Waals surface area contributed by atoms with Gasteiger partial charge in [-0.15, -0.1) is 11.3 Å². The lowest BCUT2D eigenvalue weighted by atomic mass is 10.2. The van der Waals surface area contributed by atoms with Crippen LogP contribution >= 0.6 is 11.3 Å². The highest BCUT2D eigenvalue weighted by Gasteiger charge is 2.19. The molecule has 0 fully saturated rings. The van der Waals surface area contributed by atoms with Crippen molar-refractivity contribution >= 4 is 28.9 Å². The number of esters is 1. The Morgan fingerprint density at radius 1 is 1.30 bits per heavy atom. The van der Waals surface area contributed by atoms with Gasteiger partial charge in [0.25, 0.3) is 5.91 Å². The average molecular weight is 328 g/mol. The van der Waals surface area contributed by atoms with Crippen LogP contribution < -0.4 is 4.90 Å². The molecule has 0 N–H and O–H groups in total. The van der Waals surface area contributed by atoms with Crippen molar-refractivity contribution in [1.29, 1.82) is 5.26 Å². The van der Waals surface area contributed by atoms with Crippen LogP contribution in [0, 0.1) is 11.3 Å². The maximum Gasteiger partial charge on any atom is 0.338 e. The molecule has 6 heteroatoms. The molecule has 0 saturated carbocycles. The Balaban J connectivity index is 2.30. The molecule has 0 unspecified atom stereocenters. The minimum atomic E-state index is -0.416. The highest BCUT2D eigenvalue weighted by Crippen LogP contribution is 2.22. The van der Waals surface area contributed by atoms with Gasteiger partial charge in [0.2, 0.25) is 0 Å². The fourth-order valence-corrected chi connectivity index (χ4v) is 2.88. The monoisotopic (exact) mass is 328 g/mol. The normalized spacial score (nSPS) is 9.96. The van der Waals surface area contributed by atoms with Crippen molar-refractivity contribution in [1.82, 2.24) is 0 Å². The largest absolute Gasteiger partial charge is 0.462 e. The van der Waals surface area contributed by atoms with E-state index < -0.39 is 5.97 Å². The van der Waals surface area contributed by atoms with Crippen LogP contribution in [0.1, 0.15) is 39.4 Å². The molecule has 0 aliphatic rings. The molecule has 0 saturated heterocycles. The van der Waals surface area contributed by atoms with Crippen molar-refractivity contribution in [3.63, 3.8) is 0 Å². The first-order chi connectivity index (χ1) is 11.1. The standard InChI is InChI=1S/C17H16N2O3S/c1-3-19(16(20)15-8-12(10-18)11-23-15)14-7-5-6-13(9-14)17(21)22-4-2/h5-9,11H,3-4H2,1-2H3. The fraction of sp³-hybridized carbons (Fsp3) is 0.235. The van der Waals surface area contributed by atoms with Crippen LogP contribution in [-0.4, -0.2) is 25.0 Å². The Hall–Kier alpha value is -2.65. The Morgan fingerprint density at radius 2 is 2.09 bits per heavy atom. The predicted octanol–water partition coefficient (Wildman–Crippen LogP) is 3.46. The lowest BCUT2D eigenvalue weighted by Gasteiger charge is -2.20. The first-order valence-electron chi connectivity index (χ1n) is 7.18. The van der Waals surface area contributed by atoms with Crippen molar-refractivity contribution in [2.45, 2.75) is 13.8 Å². The van der Waals surface area contributed by atoms with Crippen molar-refractivity contribution in [2.75, 3.05) is 18.1 Å². The fourth-order valence-electron chi connectivity index (χ4n) is 2.10. The molecule has 1 heterocycles. The van der Waals surface area contributed by atoms with Gasteiger partial charge in [-0.1, -0.05) is 6.07 Å². The van der Waals surface area contributed by atoms with Crippen molar-refractivity contribution in [2.24, 2.45) is 0 Å². The molecule has 1 amide bonds. The number of carbonyl (C=O) groups excluding carboxylic acids is 2. The molecule has 1 aromatic carbocycles. The Labute approximate surface area is 138 Å². The smallest absolute Gasteiger partial charge is 0.338 e. The van der Waals surface area contributed by atoms with E-state index in [0.29, 0.717) is 34.8 Å². The van der Waals surface area contributed by atoms with Crippen molar-refractivity contribution in [3.8, 4) is 6.07 Å². The summed E-state index contributed by atoms with van der Waals surface area (Å²) in [7, 11) is 0. The molecule has 5 nitrogen and oxygen atoms in total. The molecule has 0 atom stereocenters. The van der Waals surface area contributed by atoms with Gasteiger partial charge in [0.1, 0.15) is 6.07 Å². The average Bonchev–Trinajstić information content (AvgIpc) is 3.05. The molecule has 0 spiro atoms. The summed E-state index contributed by atoms with van der Waals surface area (Å²) in [5, 5.41) is 10.5. The minimum Gasteiger partial charge on any atom is -0.462 e. The second-order valence-electron chi connectivity index (χ2n) is 4.63. The van der Waals surface area contributed by atoms with Gasteiger partial charge in [-0.3, -0.25) is 4.79 Å². The van der Waals surface area contributed by atoms with E-state index in [0.717, 1.165) is 0 Å². The number of benzene rings is 1. The lowest BCUT2D eigenvalue weighted by Crippen LogP contribution is -2.30. The summed E-state index contributed by atoms with van der Waals surface area (Å²) in [6.07, 6.45) is 0. The number of nitriles is 1. The molecule has 0 radical (unpaired) electrons. The molecule has 2 aromatic rings. The second kappa shape index (κ2) is 7.56. The van der Waals surface area contributed by atoms with Crippen molar-refractivity contribution in [3.05, 3.63) is 51.7 Å². The zero-order valence-electron chi connectivity index (χ0n) is 12.9. The Morgan fingerprint density at radius 3 is 2.70 bits per heavy atom. The van der Waals surface area contributed by atoms with E-state index in [9.17, 15) is 9.59 Å². The van der Waals surface area contributed by atoms with Gasteiger partial charge in [-0.25, -0.2) is 4.79 Å². The molecule has 0 aliphatic heterocycles. The maximum absolute atomic E-state index is 12.6. The van der Waals surface area contributed by atoms with Crippen molar-refractivity contribution < 1.29 is 14.3 Å². The first-order valence-corrected chi connectivity index (χ1v) is 8.06. The van der Waals surface area contributed by atoms with Gasteiger partial charge in [0.05, 0.1) is 22.6 Å². The topological polar surface area (TPSA) is 70.4 Å². The van der Waals surface area contributed by atoms with Gasteiger partial charge in [-0.2, -0.15) is 5.26 Å². The van der Waals surface area contributed by atoms with E-state index in [1.165, 1.54) is 11.3 Å². The SMILES string of the molecule is CCOC(=O)c1cccc(N(CC)C(=O)c2cc(C#N)cs2)c1. The number of anilines is 1. The van der Waals surface area contributed by atoms with Gasteiger partial charge in [0, 0.05) is 17.6 Å². The third-order valence-electron chi connectivity index (χ3n) is 3.17. The maximum atomic E-state index is 12.6. The van der Waals surface area contributed by atoms with E-state index in [1.54, 1.807) is 47.5 Å². The number of thiophene rings is 1. The van der Waals surface area contributed by atoms with Crippen LogP contribution in [0.25, 0.3) is 0 Å². The quantitative estimate of drug-likeness (QED) is 0.788. The van der Waals surface area contributed by atoms with Crippen LogP contribution in [0.2, 0.25) is 0 Å².